The van der Waals surface area contributed by atoms with Crippen LogP contribution in [0.4, 0.5) is 5.95 Å². The number of anilines is 1. The number of nitrogens with one attached hydrogen (secondary N) is 1. The fourth-order valence-electron chi connectivity index (χ4n) is 2.91. The molecular weight excluding hydrogens is 368 g/mol. The van der Waals surface area contributed by atoms with Crippen molar-refractivity contribution in [3.05, 3.63) is 5.82 Å². The molecule has 0 radical (unpaired) electrons. The Morgan fingerprint density at radius 1 is 0.862 bits per heavy atom. The molecule has 168 valence electrons. The van der Waals surface area contributed by atoms with E-state index in [9.17, 15) is 0 Å². The zero-order valence-corrected chi connectivity index (χ0v) is 19.2. The average Bonchev–Trinajstić information content (AvgIpc) is 2.68. The highest BCUT2D eigenvalue weighted by atomic mass is 16.5. The van der Waals surface area contributed by atoms with Gasteiger partial charge in [-0.25, -0.2) is 5.43 Å². The van der Waals surface area contributed by atoms with Gasteiger partial charge in [-0.15, -0.1) is 0 Å². The molecule has 1 heterocycles. The fourth-order valence-corrected chi connectivity index (χ4v) is 2.91. The molecule has 0 aliphatic rings. The predicted octanol–water partition coefficient (Wildman–Crippen LogP) is 3.22. The minimum atomic E-state index is 0.355. The number of aromatic nitrogens is 3. The topological polar surface area (TPSA) is 75.6 Å². The number of hydrazine groups is 1. The Hall–Kier alpha value is -1.51. The quantitative estimate of drug-likeness (QED) is 0.292. The molecule has 0 amide bonds. The second-order valence-corrected chi connectivity index (χ2v) is 7.64. The number of nitrogens with zero attached hydrogens (tertiary/aromatic N) is 5. The maximum absolute atomic E-state index is 5.61. The number of hydrogen-bond donors (Lipinski definition) is 1. The van der Waals surface area contributed by atoms with Crippen molar-refractivity contribution in [2.75, 3.05) is 59.1 Å². The molecule has 0 aliphatic heterocycles. The maximum Gasteiger partial charge on any atom is 0.321 e. The van der Waals surface area contributed by atoms with Gasteiger partial charge in [0.05, 0.1) is 6.61 Å². The van der Waals surface area contributed by atoms with Crippen molar-refractivity contribution in [3.8, 4) is 6.01 Å². The van der Waals surface area contributed by atoms with Crippen LogP contribution in [0.1, 0.15) is 64.1 Å². The van der Waals surface area contributed by atoms with Crippen LogP contribution in [0.5, 0.6) is 6.01 Å². The molecule has 1 aromatic rings. The summed E-state index contributed by atoms with van der Waals surface area (Å²) in [6.07, 6.45) is 9.67. The average molecular weight is 411 g/mol. The van der Waals surface area contributed by atoms with Crippen molar-refractivity contribution in [1.29, 1.82) is 0 Å². The molecule has 1 aromatic heterocycles. The molecule has 0 bridgehead atoms. The van der Waals surface area contributed by atoms with E-state index in [1.54, 1.807) is 7.11 Å². The Morgan fingerprint density at radius 2 is 1.59 bits per heavy atom. The van der Waals surface area contributed by atoms with E-state index in [1.165, 1.54) is 38.5 Å². The largest absolute Gasteiger partial charge is 0.461 e. The van der Waals surface area contributed by atoms with Crippen molar-refractivity contribution in [3.63, 3.8) is 0 Å². The molecule has 0 unspecified atom stereocenters. The van der Waals surface area contributed by atoms with Crippen molar-refractivity contribution in [2.45, 2.75) is 65.2 Å². The Labute approximate surface area is 177 Å². The van der Waals surface area contributed by atoms with E-state index in [0.29, 0.717) is 31.0 Å². The van der Waals surface area contributed by atoms with Gasteiger partial charge in [-0.1, -0.05) is 39.0 Å². The van der Waals surface area contributed by atoms with Gasteiger partial charge >= 0.3 is 6.01 Å². The molecule has 29 heavy (non-hydrogen) atoms. The third kappa shape index (κ3) is 12.6. The van der Waals surface area contributed by atoms with Crippen LogP contribution in [0.25, 0.3) is 0 Å². The lowest BCUT2D eigenvalue weighted by Crippen LogP contribution is -2.41. The van der Waals surface area contributed by atoms with Crippen LogP contribution in [0.2, 0.25) is 0 Å². The highest BCUT2D eigenvalue weighted by Crippen LogP contribution is 2.13. The van der Waals surface area contributed by atoms with Crippen molar-refractivity contribution in [1.82, 2.24) is 25.3 Å². The van der Waals surface area contributed by atoms with Gasteiger partial charge in [0.15, 0.2) is 0 Å². The number of ether oxygens (including phenoxy) is 2. The first-order valence-electron chi connectivity index (χ1n) is 11.1. The van der Waals surface area contributed by atoms with E-state index in [2.05, 4.69) is 51.3 Å². The molecule has 0 fully saturated rings. The summed E-state index contributed by atoms with van der Waals surface area (Å²) < 4.78 is 10.6. The van der Waals surface area contributed by atoms with E-state index in [-0.39, 0.29) is 0 Å². The second-order valence-electron chi connectivity index (χ2n) is 7.64. The monoisotopic (exact) mass is 410 g/mol. The van der Waals surface area contributed by atoms with Gasteiger partial charge in [0.1, 0.15) is 12.4 Å². The molecule has 0 spiro atoms. The third-order valence-electron chi connectivity index (χ3n) is 4.54. The molecule has 0 saturated heterocycles. The molecule has 0 aliphatic carbocycles. The lowest BCUT2D eigenvalue weighted by atomic mass is 10.2. The Balaban J connectivity index is 2.63. The van der Waals surface area contributed by atoms with Crippen LogP contribution in [-0.2, 0) is 4.74 Å². The van der Waals surface area contributed by atoms with Crippen molar-refractivity contribution in [2.24, 2.45) is 0 Å². The van der Waals surface area contributed by atoms with Crippen LogP contribution in [0.3, 0.4) is 0 Å². The van der Waals surface area contributed by atoms with Gasteiger partial charge in [-0.05, 0) is 46.8 Å². The molecule has 0 atom stereocenters. The first-order valence-corrected chi connectivity index (χ1v) is 11.1. The normalized spacial score (nSPS) is 11.2. The fraction of sp³-hybridized carbons (Fsp3) is 0.857. The molecule has 1 N–H and O–H groups in total. The first kappa shape index (κ1) is 25.5. The summed E-state index contributed by atoms with van der Waals surface area (Å²) in [4.78, 5) is 15.6. The first-order chi connectivity index (χ1) is 14.1. The number of hydrogen-bond acceptors (Lipinski definition) is 8. The van der Waals surface area contributed by atoms with E-state index in [4.69, 9.17) is 9.47 Å². The standard InChI is InChI=1S/C21H42N6O2/c1-6-7-8-11-14-22-27(16-13-10-9-12-15-26(3)4)20-23-19(2)24-21(25-20)29-18-17-28-5/h22H,6-18H2,1-5H3. The molecule has 8 nitrogen and oxygen atoms in total. The van der Waals surface area contributed by atoms with Crippen LogP contribution in [-0.4, -0.2) is 73.9 Å². The summed E-state index contributed by atoms with van der Waals surface area (Å²) in [6.45, 7) is 7.97. The Kier molecular flexibility index (Phi) is 14.4. The van der Waals surface area contributed by atoms with Crippen LogP contribution >= 0.6 is 0 Å². The van der Waals surface area contributed by atoms with Crippen LogP contribution in [0, 0.1) is 6.92 Å². The number of unbranched alkanes of at least 4 members (excludes halogenated alkanes) is 6. The molecule has 1 rings (SSSR count). The lowest BCUT2D eigenvalue weighted by molar-refractivity contribution is 0.140. The zero-order valence-electron chi connectivity index (χ0n) is 19.2. The number of methoxy groups -OCH3 is 1. The SMILES string of the molecule is CCCCCCNN(CCCCCCN(C)C)c1nc(C)nc(OCCOC)n1. The van der Waals surface area contributed by atoms with Crippen LogP contribution in [0.15, 0.2) is 0 Å². The Bertz CT molecular complexity index is 530. The van der Waals surface area contributed by atoms with Crippen molar-refractivity contribution < 1.29 is 9.47 Å². The summed E-state index contributed by atoms with van der Waals surface area (Å²) >= 11 is 0. The van der Waals surface area contributed by atoms with Crippen LogP contribution < -0.4 is 15.2 Å². The highest BCUT2D eigenvalue weighted by Gasteiger charge is 2.13. The number of aryl methyl sites for hydroxylation is 1. The number of rotatable bonds is 18. The highest BCUT2D eigenvalue weighted by molar-refractivity contribution is 5.28. The van der Waals surface area contributed by atoms with E-state index < -0.39 is 0 Å². The van der Waals surface area contributed by atoms with Gasteiger partial charge in [0.2, 0.25) is 5.95 Å². The molecule has 0 aromatic carbocycles. The van der Waals surface area contributed by atoms with Gasteiger partial charge in [-0.3, -0.25) is 5.01 Å². The summed E-state index contributed by atoms with van der Waals surface area (Å²) in [6, 6.07) is 0.355. The predicted molar refractivity (Wildman–Crippen MR) is 118 cm³/mol. The summed E-state index contributed by atoms with van der Waals surface area (Å²) in [5.74, 6) is 1.29. The third-order valence-corrected chi connectivity index (χ3v) is 4.54. The van der Waals surface area contributed by atoms with Gasteiger partial charge < -0.3 is 14.4 Å². The summed E-state index contributed by atoms with van der Waals surface area (Å²) in [5, 5.41) is 2.07. The van der Waals surface area contributed by atoms with E-state index in [0.717, 1.165) is 32.5 Å². The smallest absolute Gasteiger partial charge is 0.321 e. The minimum Gasteiger partial charge on any atom is -0.461 e. The lowest BCUT2D eigenvalue weighted by Gasteiger charge is -2.24. The summed E-state index contributed by atoms with van der Waals surface area (Å²) in [5.41, 5.74) is 3.52. The van der Waals surface area contributed by atoms with Gasteiger partial charge in [0.25, 0.3) is 0 Å². The van der Waals surface area contributed by atoms with E-state index in [1.807, 2.05) is 6.92 Å². The second kappa shape index (κ2) is 16.3. The summed E-state index contributed by atoms with van der Waals surface area (Å²) in [7, 11) is 5.90. The Morgan fingerprint density at radius 3 is 2.28 bits per heavy atom. The molecule has 0 saturated carbocycles. The minimum absolute atomic E-state index is 0.355. The van der Waals surface area contributed by atoms with Crippen molar-refractivity contribution >= 4 is 5.95 Å². The zero-order chi connectivity index (χ0) is 21.3. The van der Waals surface area contributed by atoms with Gasteiger partial charge in [-0.2, -0.15) is 15.0 Å². The molecular formula is C21H42N6O2. The van der Waals surface area contributed by atoms with E-state index >= 15 is 0 Å². The maximum atomic E-state index is 5.61. The molecule has 8 heteroatoms. The van der Waals surface area contributed by atoms with Gasteiger partial charge in [0, 0.05) is 20.2 Å².